The van der Waals surface area contributed by atoms with E-state index in [1.54, 1.807) is 37.1 Å². The molecule has 1 aromatic heterocycles. The van der Waals surface area contributed by atoms with Crippen molar-refractivity contribution in [3.05, 3.63) is 68.6 Å². The van der Waals surface area contributed by atoms with Gasteiger partial charge >= 0.3 is 5.97 Å². The van der Waals surface area contributed by atoms with Gasteiger partial charge in [-0.1, -0.05) is 12.1 Å². The van der Waals surface area contributed by atoms with Gasteiger partial charge in [-0.15, -0.1) is 0 Å². The fraction of sp³-hybridized carbons (Fsp3) is 0.381. The van der Waals surface area contributed by atoms with Gasteiger partial charge in [0.1, 0.15) is 5.56 Å². The van der Waals surface area contributed by atoms with Crippen LogP contribution in [0.3, 0.4) is 0 Å². The van der Waals surface area contributed by atoms with Gasteiger partial charge in [-0.3, -0.25) is 9.59 Å². The molecule has 0 unspecified atom stereocenters. The fourth-order valence-electron chi connectivity index (χ4n) is 3.75. The van der Waals surface area contributed by atoms with Gasteiger partial charge in [0.2, 0.25) is 0 Å². The van der Waals surface area contributed by atoms with E-state index in [4.69, 9.17) is 5.11 Å². The van der Waals surface area contributed by atoms with Crippen LogP contribution in [0.1, 0.15) is 44.0 Å². The summed E-state index contributed by atoms with van der Waals surface area (Å²) >= 11 is 0. The molecule has 1 amide bonds. The number of carbonyl (C=O) groups excluding carboxylic acids is 1. The Hall–Kier alpha value is -2.89. The normalized spacial score (nSPS) is 16.6. The topological polar surface area (TPSA) is 79.6 Å². The average Bonchev–Trinajstić information content (AvgIpc) is 3.08. The van der Waals surface area contributed by atoms with Gasteiger partial charge in [0.05, 0.1) is 5.56 Å². The molecule has 2 heterocycles. The summed E-state index contributed by atoms with van der Waals surface area (Å²) in [4.78, 5) is 38.3. The Labute approximate surface area is 158 Å². The van der Waals surface area contributed by atoms with Crippen molar-refractivity contribution in [3.8, 4) is 0 Å². The largest absolute Gasteiger partial charge is 0.478 e. The van der Waals surface area contributed by atoms with Crippen LogP contribution in [-0.2, 0) is 13.5 Å². The van der Waals surface area contributed by atoms with Crippen molar-refractivity contribution in [2.24, 2.45) is 13.0 Å². The number of aromatic nitrogens is 1. The maximum absolute atomic E-state index is 12.9. The molecule has 1 aliphatic rings. The molecule has 6 nitrogen and oxygen atoms in total. The third kappa shape index (κ3) is 3.79. The van der Waals surface area contributed by atoms with Crippen LogP contribution >= 0.6 is 0 Å². The van der Waals surface area contributed by atoms with Crippen LogP contribution in [0.15, 0.2) is 35.1 Å². The number of likely N-dealkylation sites (tertiary alicyclic amines) is 1. The van der Waals surface area contributed by atoms with E-state index < -0.39 is 5.97 Å². The highest BCUT2D eigenvalue weighted by Gasteiger charge is 2.29. The zero-order valence-corrected chi connectivity index (χ0v) is 15.9. The SMILES string of the molecule is Cc1cc(C)n(C)c(=O)c1C(=O)N1CC[C@@H](Cc2cccc(C(=O)O)c2)C1. The lowest BCUT2D eigenvalue weighted by molar-refractivity contribution is 0.0696. The van der Waals surface area contributed by atoms with E-state index in [1.165, 1.54) is 4.57 Å². The molecule has 1 fully saturated rings. The first-order chi connectivity index (χ1) is 12.8. The molecule has 142 valence electrons. The molecule has 0 aliphatic carbocycles. The van der Waals surface area contributed by atoms with Crippen LogP contribution in [-0.4, -0.2) is 39.5 Å². The van der Waals surface area contributed by atoms with E-state index in [0.29, 0.717) is 18.7 Å². The van der Waals surface area contributed by atoms with E-state index in [-0.39, 0.29) is 28.5 Å². The summed E-state index contributed by atoms with van der Waals surface area (Å²) in [5.74, 6) is -0.895. The number of amides is 1. The number of aromatic carboxylic acids is 1. The second-order valence-corrected chi connectivity index (χ2v) is 7.32. The van der Waals surface area contributed by atoms with Crippen molar-refractivity contribution < 1.29 is 14.7 Å². The highest BCUT2D eigenvalue weighted by molar-refractivity contribution is 5.95. The molecule has 6 heteroatoms. The van der Waals surface area contributed by atoms with E-state index >= 15 is 0 Å². The quantitative estimate of drug-likeness (QED) is 0.899. The summed E-state index contributed by atoms with van der Waals surface area (Å²) in [5.41, 5.74) is 2.76. The highest BCUT2D eigenvalue weighted by atomic mass is 16.4. The number of carboxylic acid groups (broad SMARTS) is 1. The monoisotopic (exact) mass is 368 g/mol. The third-order valence-corrected chi connectivity index (χ3v) is 5.35. The number of hydrogen-bond acceptors (Lipinski definition) is 3. The summed E-state index contributed by atoms with van der Waals surface area (Å²) in [6.45, 7) is 4.83. The summed E-state index contributed by atoms with van der Waals surface area (Å²) in [6.07, 6.45) is 1.56. The van der Waals surface area contributed by atoms with Crippen molar-refractivity contribution >= 4 is 11.9 Å². The number of pyridine rings is 1. The lowest BCUT2D eigenvalue weighted by atomic mass is 9.97. The van der Waals surface area contributed by atoms with Gasteiger partial charge in [0.25, 0.3) is 11.5 Å². The number of nitrogens with zero attached hydrogens (tertiary/aromatic N) is 2. The number of hydrogen-bond donors (Lipinski definition) is 1. The Balaban J connectivity index is 1.74. The van der Waals surface area contributed by atoms with Gasteiger partial charge in [-0.2, -0.15) is 0 Å². The van der Waals surface area contributed by atoms with Crippen LogP contribution in [0.25, 0.3) is 0 Å². The molecule has 0 spiro atoms. The first-order valence-electron chi connectivity index (χ1n) is 9.06. The molecule has 0 bridgehead atoms. The molecule has 1 aliphatic heterocycles. The zero-order valence-electron chi connectivity index (χ0n) is 15.9. The van der Waals surface area contributed by atoms with E-state index in [1.807, 2.05) is 19.1 Å². The van der Waals surface area contributed by atoms with Gasteiger partial charge in [-0.05, 0) is 61.9 Å². The molecule has 1 aromatic carbocycles. The highest BCUT2D eigenvalue weighted by Crippen LogP contribution is 2.23. The van der Waals surface area contributed by atoms with Crippen molar-refractivity contribution in [1.29, 1.82) is 0 Å². The second-order valence-electron chi connectivity index (χ2n) is 7.32. The molecule has 3 rings (SSSR count). The Morgan fingerprint density at radius 2 is 1.96 bits per heavy atom. The smallest absolute Gasteiger partial charge is 0.335 e. The summed E-state index contributed by atoms with van der Waals surface area (Å²) in [5, 5.41) is 9.12. The Morgan fingerprint density at radius 1 is 1.22 bits per heavy atom. The first kappa shape index (κ1) is 18.9. The van der Waals surface area contributed by atoms with E-state index in [0.717, 1.165) is 24.1 Å². The number of aryl methyl sites for hydroxylation is 2. The molecule has 1 N–H and O–H groups in total. The van der Waals surface area contributed by atoms with Crippen molar-refractivity contribution in [3.63, 3.8) is 0 Å². The minimum Gasteiger partial charge on any atom is -0.478 e. The first-order valence-corrected chi connectivity index (χ1v) is 9.06. The van der Waals surface area contributed by atoms with Crippen molar-refractivity contribution in [2.75, 3.05) is 13.1 Å². The van der Waals surface area contributed by atoms with Crippen molar-refractivity contribution in [1.82, 2.24) is 9.47 Å². The van der Waals surface area contributed by atoms with Gasteiger partial charge in [0.15, 0.2) is 0 Å². The van der Waals surface area contributed by atoms with Crippen molar-refractivity contribution in [2.45, 2.75) is 26.7 Å². The molecule has 0 radical (unpaired) electrons. The standard InChI is InChI=1S/C21H24N2O4/c1-13-9-14(2)22(3)19(24)18(13)20(25)23-8-7-16(12-23)10-15-5-4-6-17(11-15)21(26)27/h4-6,9,11,16H,7-8,10,12H2,1-3H3,(H,26,27)/t16-/m0/s1. The van der Waals surface area contributed by atoms with Crippen LogP contribution in [0.5, 0.6) is 0 Å². The van der Waals surface area contributed by atoms with Crippen LogP contribution in [0, 0.1) is 19.8 Å². The van der Waals surface area contributed by atoms with Gasteiger partial charge < -0.3 is 14.6 Å². The minimum atomic E-state index is -0.939. The molecule has 27 heavy (non-hydrogen) atoms. The molecule has 1 atom stereocenters. The van der Waals surface area contributed by atoms with Crippen LogP contribution < -0.4 is 5.56 Å². The Kier molecular flexibility index (Phi) is 5.17. The Morgan fingerprint density at radius 3 is 2.67 bits per heavy atom. The number of benzene rings is 1. The predicted molar refractivity (Wildman–Crippen MR) is 102 cm³/mol. The maximum atomic E-state index is 12.9. The summed E-state index contributed by atoms with van der Waals surface area (Å²) in [6, 6.07) is 8.78. The lowest BCUT2D eigenvalue weighted by Crippen LogP contribution is -2.36. The zero-order chi connectivity index (χ0) is 19.7. The maximum Gasteiger partial charge on any atom is 0.335 e. The van der Waals surface area contributed by atoms with Gasteiger partial charge in [0, 0.05) is 25.8 Å². The lowest BCUT2D eigenvalue weighted by Gasteiger charge is -2.19. The Bertz CT molecular complexity index is 961. The molecular formula is C21H24N2O4. The van der Waals surface area contributed by atoms with Crippen LogP contribution in [0.4, 0.5) is 0 Å². The average molecular weight is 368 g/mol. The number of carbonyl (C=O) groups is 2. The summed E-state index contributed by atoms with van der Waals surface area (Å²) < 4.78 is 1.51. The van der Waals surface area contributed by atoms with E-state index in [2.05, 4.69) is 0 Å². The van der Waals surface area contributed by atoms with E-state index in [9.17, 15) is 14.4 Å². The molecule has 0 saturated carbocycles. The molecule has 1 saturated heterocycles. The van der Waals surface area contributed by atoms with Gasteiger partial charge in [-0.25, -0.2) is 4.79 Å². The molecule has 2 aromatic rings. The fourth-order valence-corrected chi connectivity index (χ4v) is 3.75. The molecular weight excluding hydrogens is 344 g/mol. The number of carboxylic acids is 1. The number of rotatable bonds is 4. The summed E-state index contributed by atoms with van der Waals surface area (Å²) in [7, 11) is 1.68. The second kappa shape index (κ2) is 7.39. The minimum absolute atomic E-state index is 0.213. The third-order valence-electron chi connectivity index (χ3n) is 5.35. The predicted octanol–water partition coefficient (Wildman–Crippen LogP) is 2.41. The van der Waals surface area contributed by atoms with Crippen LogP contribution in [0.2, 0.25) is 0 Å².